The van der Waals surface area contributed by atoms with Crippen molar-refractivity contribution in [3.05, 3.63) is 36.1 Å². The highest BCUT2D eigenvalue weighted by atomic mass is 32.1. The Morgan fingerprint density at radius 2 is 2.22 bits per heavy atom. The lowest BCUT2D eigenvalue weighted by atomic mass is 10.3. The quantitative estimate of drug-likeness (QED) is 0.756. The minimum Gasteiger partial charge on any atom is -0.315 e. The number of hydrogen-bond donors (Lipinski definition) is 2. The summed E-state index contributed by atoms with van der Waals surface area (Å²) >= 11 is 0.909. The zero-order valence-corrected chi connectivity index (χ0v) is 9.78. The summed E-state index contributed by atoms with van der Waals surface area (Å²) in [5.74, 6) is 0.519. The second kappa shape index (κ2) is 4.49. The molecule has 3 aromatic rings. The molecule has 18 heavy (non-hydrogen) atoms. The van der Waals surface area contributed by atoms with Crippen LogP contribution in [0, 0.1) is 5.13 Å². The molecule has 0 aliphatic carbocycles. The molecular weight excluding hydrogens is 255 g/mol. The van der Waals surface area contributed by atoms with E-state index in [1.807, 2.05) is 0 Å². The average molecular weight is 262 g/mol. The van der Waals surface area contributed by atoms with Crippen molar-refractivity contribution in [1.29, 1.82) is 0 Å². The van der Waals surface area contributed by atoms with Gasteiger partial charge < -0.3 is 5.32 Å². The number of halogens is 1. The molecule has 3 rings (SSSR count). The Kier molecular flexibility index (Phi) is 2.69. The summed E-state index contributed by atoms with van der Waals surface area (Å²) < 4.78 is 13.7. The van der Waals surface area contributed by atoms with Crippen LogP contribution in [0.15, 0.2) is 31.0 Å². The SMILES string of the molecule is Fc1sc(Nc2cnccn2)nc1-c1cn[nH]c1. The Balaban J connectivity index is 1.89. The number of aromatic nitrogens is 5. The molecule has 3 heterocycles. The minimum absolute atomic E-state index is 0.264. The largest absolute Gasteiger partial charge is 0.315 e. The van der Waals surface area contributed by atoms with Crippen molar-refractivity contribution in [2.24, 2.45) is 0 Å². The first-order valence-electron chi connectivity index (χ1n) is 5.01. The second-order valence-corrected chi connectivity index (χ2v) is 4.29. The molecule has 0 atom stereocenters. The first kappa shape index (κ1) is 10.8. The number of hydrogen-bond acceptors (Lipinski definition) is 6. The van der Waals surface area contributed by atoms with Gasteiger partial charge in [0.05, 0.1) is 12.4 Å². The van der Waals surface area contributed by atoms with E-state index in [0.717, 1.165) is 11.3 Å². The highest BCUT2D eigenvalue weighted by Gasteiger charge is 2.14. The van der Waals surface area contributed by atoms with E-state index in [2.05, 4.69) is 30.5 Å². The Morgan fingerprint density at radius 3 is 2.94 bits per heavy atom. The standard InChI is InChI=1S/C10H7FN6S/c11-9-8(6-3-14-15-4-6)17-10(18-9)16-7-5-12-1-2-13-7/h1-5H,(H,14,15)(H,13,16,17). The Morgan fingerprint density at radius 1 is 1.28 bits per heavy atom. The van der Waals surface area contributed by atoms with E-state index < -0.39 is 0 Å². The number of anilines is 2. The van der Waals surface area contributed by atoms with Crippen LogP contribution in [0.3, 0.4) is 0 Å². The third-order valence-corrected chi connectivity index (χ3v) is 2.91. The third-order valence-electron chi connectivity index (χ3n) is 2.16. The molecular formula is C10H7FN6S. The Bertz CT molecular complexity index is 636. The maximum atomic E-state index is 13.7. The van der Waals surface area contributed by atoms with Crippen LogP contribution in [0.4, 0.5) is 15.3 Å². The van der Waals surface area contributed by atoms with E-state index in [-0.39, 0.29) is 10.8 Å². The van der Waals surface area contributed by atoms with Gasteiger partial charge in [-0.1, -0.05) is 11.3 Å². The monoisotopic (exact) mass is 262 g/mol. The number of thiazole rings is 1. The van der Waals surface area contributed by atoms with Crippen molar-refractivity contribution < 1.29 is 4.39 Å². The van der Waals surface area contributed by atoms with Crippen molar-refractivity contribution >= 4 is 22.3 Å². The Hall–Kier alpha value is -2.35. The molecule has 2 N–H and O–H groups in total. The van der Waals surface area contributed by atoms with Gasteiger partial charge in [0.15, 0.2) is 10.9 Å². The van der Waals surface area contributed by atoms with E-state index in [1.54, 1.807) is 18.6 Å². The van der Waals surface area contributed by atoms with Crippen LogP contribution in [0.25, 0.3) is 11.3 Å². The van der Waals surface area contributed by atoms with Gasteiger partial charge in [-0.15, -0.1) is 0 Å². The normalized spacial score (nSPS) is 10.5. The zero-order valence-electron chi connectivity index (χ0n) is 8.96. The van der Waals surface area contributed by atoms with Gasteiger partial charge in [-0.05, 0) is 0 Å². The molecule has 8 heteroatoms. The van der Waals surface area contributed by atoms with Gasteiger partial charge in [0.1, 0.15) is 5.69 Å². The molecule has 0 spiro atoms. The maximum absolute atomic E-state index is 13.7. The predicted octanol–water partition coefficient (Wildman–Crippen LogP) is 2.21. The highest BCUT2D eigenvalue weighted by molar-refractivity contribution is 7.14. The molecule has 0 unspecified atom stereocenters. The Labute approximate surface area is 105 Å². The number of nitrogens with one attached hydrogen (secondary N) is 2. The summed E-state index contributed by atoms with van der Waals surface area (Å²) in [5, 5.41) is 9.32. The number of H-pyrrole nitrogens is 1. The fraction of sp³-hybridized carbons (Fsp3) is 0. The summed E-state index contributed by atoms with van der Waals surface area (Å²) in [4.78, 5) is 12.1. The first-order chi connectivity index (χ1) is 8.83. The maximum Gasteiger partial charge on any atom is 0.206 e. The van der Waals surface area contributed by atoms with E-state index in [9.17, 15) is 4.39 Å². The van der Waals surface area contributed by atoms with Crippen molar-refractivity contribution in [3.8, 4) is 11.3 Å². The molecule has 0 amide bonds. The molecule has 0 aromatic carbocycles. The smallest absolute Gasteiger partial charge is 0.206 e. The van der Waals surface area contributed by atoms with Crippen molar-refractivity contribution in [3.63, 3.8) is 0 Å². The zero-order chi connectivity index (χ0) is 12.4. The lowest BCUT2D eigenvalue weighted by molar-refractivity contribution is 0.657. The summed E-state index contributed by atoms with van der Waals surface area (Å²) in [6.45, 7) is 0. The second-order valence-electron chi connectivity index (χ2n) is 3.34. The van der Waals surface area contributed by atoms with Crippen LogP contribution in [0.1, 0.15) is 0 Å². The summed E-state index contributed by atoms with van der Waals surface area (Å²) in [5.41, 5.74) is 0.871. The lowest BCUT2D eigenvalue weighted by Gasteiger charge is -1.98. The van der Waals surface area contributed by atoms with Gasteiger partial charge >= 0.3 is 0 Å². The molecule has 0 saturated heterocycles. The number of aromatic amines is 1. The van der Waals surface area contributed by atoms with Gasteiger partial charge in [0, 0.05) is 24.2 Å². The minimum atomic E-state index is -0.372. The van der Waals surface area contributed by atoms with Crippen LogP contribution in [0.2, 0.25) is 0 Å². The summed E-state index contributed by atoms with van der Waals surface area (Å²) in [6.07, 6.45) is 7.75. The number of nitrogens with zero attached hydrogens (tertiary/aromatic N) is 4. The summed E-state index contributed by atoms with van der Waals surface area (Å²) in [7, 11) is 0. The van der Waals surface area contributed by atoms with E-state index in [4.69, 9.17) is 0 Å². The molecule has 0 saturated carbocycles. The topological polar surface area (TPSA) is 79.4 Å². The van der Waals surface area contributed by atoms with Crippen LogP contribution in [-0.2, 0) is 0 Å². The average Bonchev–Trinajstić information content (AvgIpc) is 3.00. The van der Waals surface area contributed by atoms with Crippen LogP contribution < -0.4 is 5.32 Å². The van der Waals surface area contributed by atoms with Gasteiger partial charge in [-0.25, -0.2) is 9.97 Å². The van der Waals surface area contributed by atoms with E-state index in [1.165, 1.54) is 12.4 Å². The van der Waals surface area contributed by atoms with Gasteiger partial charge in [0.2, 0.25) is 5.13 Å². The van der Waals surface area contributed by atoms with E-state index >= 15 is 0 Å². The molecule has 3 aromatic heterocycles. The molecule has 0 aliphatic rings. The molecule has 0 aliphatic heterocycles. The molecule has 6 nitrogen and oxygen atoms in total. The van der Waals surface area contributed by atoms with Crippen LogP contribution in [-0.4, -0.2) is 25.1 Å². The molecule has 0 radical (unpaired) electrons. The first-order valence-corrected chi connectivity index (χ1v) is 5.83. The third kappa shape index (κ3) is 2.05. The van der Waals surface area contributed by atoms with E-state index in [0.29, 0.717) is 16.5 Å². The lowest BCUT2D eigenvalue weighted by Crippen LogP contribution is -1.92. The van der Waals surface area contributed by atoms with Crippen LogP contribution in [0.5, 0.6) is 0 Å². The van der Waals surface area contributed by atoms with Crippen molar-refractivity contribution in [1.82, 2.24) is 25.1 Å². The van der Waals surface area contributed by atoms with Crippen molar-refractivity contribution in [2.75, 3.05) is 5.32 Å². The molecule has 0 bridgehead atoms. The van der Waals surface area contributed by atoms with Gasteiger partial charge in [-0.3, -0.25) is 10.1 Å². The predicted molar refractivity (Wildman–Crippen MR) is 65.0 cm³/mol. The van der Waals surface area contributed by atoms with Gasteiger partial charge in [-0.2, -0.15) is 9.49 Å². The van der Waals surface area contributed by atoms with Gasteiger partial charge in [0.25, 0.3) is 0 Å². The van der Waals surface area contributed by atoms with Crippen molar-refractivity contribution in [2.45, 2.75) is 0 Å². The molecule has 90 valence electrons. The molecule has 0 fully saturated rings. The number of rotatable bonds is 3. The fourth-order valence-corrected chi connectivity index (χ4v) is 2.11. The fourth-order valence-electron chi connectivity index (χ4n) is 1.39. The summed E-state index contributed by atoms with van der Waals surface area (Å²) in [6, 6.07) is 0. The highest BCUT2D eigenvalue weighted by Crippen LogP contribution is 2.29. The van der Waals surface area contributed by atoms with Crippen LogP contribution >= 0.6 is 11.3 Å².